The summed E-state index contributed by atoms with van der Waals surface area (Å²) in [5, 5.41) is 9.06. The minimum absolute atomic E-state index is 0.0894. The van der Waals surface area contributed by atoms with Crippen LogP contribution >= 0.6 is 11.8 Å². The van der Waals surface area contributed by atoms with Crippen molar-refractivity contribution in [2.24, 2.45) is 5.73 Å². The van der Waals surface area contributed by atoms with Crippen molar-refractivity contribution in [3.8, 4) is 0 Å². The van der Waals surface area contributed by atoms with Crippen LogP contribution in [0, 0.1) is 13.8 Å². The van der Waals surface area contributed by atoms with Crippen LogP contribution in [0.3, 0.4) is 0 Å². The third kappa shape index (κ3) is 4.36. The van der Waals surface area contributed by atoms with Gasteiger partial charge >= 0.3 is 5.97 Å². The van der Waals surface area contributed by atoms with Crippen LogP contribution in [0.4, 0.5) is 0 Å². The van der Waals surface area contributed by atoms with Gasteiger partial charge in [-0.2, -0.15) is 0 Å². The number of hydrogen-bond acceptors (Lipinski definition) is 3. The van der Waals surface area contributed by atoms with Gasteiger partial charge in [0.1, 0.15) is 6.04 Å². The molecule has 0 amide bonds. The molecule has 0 heterocycles. The minimum atomic E-state index is -0.959. The van der Waals surface area contributed by atoms with Crippen molar-refractivity contribution in [2.45, 2.75) is 25.1 Å². The van der Waals surface area contributed by atoms with Gasteiger partial charge in [-0.25, -0.2) is 0 Å². The molecule has 2 aromatic carbocycles. The molecule has 0 aliphatic carbocycles. The smallest absolute Gasteiger partial charge is 0.321 e. The van der Waals surface area contributed by atoms with Gasteiger partial charge in [-0.1, -0.05) is 59.7 Å². The van der Waals surface area contributed by atoms with Gasteiger partial charge < -0.3 is 10.8 Å². The summed E-state index contributed by atoms with van der Waals surface area (Å²) in [5.74, 6) is -0.582. The Balaban J connectivity index is 2.25. The summed E-state index contributed by atoms with van der Waals surface area (Å²) in [6, 6.07) is 15.9. The number of thioether (sulfide) groups is 1. The first-order valence-electron chi connectivity index (χ1n) is 7.20. The lowest BCUT2D eigenvalue weighted by atomic mass is 10.0. The Morgan fingerprint density at radius 3 is 1.77 bits per heavy atom. The van der Waals surface area contributed by atoms with Crippen LogP contribution in [-0.4, -0.2) is 22.9 Å². The molecule has 2 aromatic rings. The molecule has 3 nitrogen and oxygen atoms in total. The summed E-state index contributed by atoms with van der Waals surface area (Å²) < 4.78 is 0. The number of carboxylic acids is 1. The highest BCUT2D eigenvalue weighted by molar-refractivity contribution is 7.99. The van der Waals surface area contributed by atoms with Crippen LogP contribution in [0.2, 0.25) is 0 Å². The molecule has 0 aromatic heterocycles. The largest absolute Gasteiger partial charge is 0.480 e. The third-order valence-corrected chi connectivity index (χ3v) is 4.95. The minimum Gasteiger partial charge on any atom is -0.480 e. The van der Waals surface area contributed by atoms with Gasteiger partial charge in [-0.3, -0.25) is 4.79 Å². The second-order valence-corrected chi connectivity index (χ2v) is 6.62. The molecule has 1 atom stereocenters. The summed E-state index contributed by atoms with van der Waals surface area (Å²) in [6.07, 6.45) is 0. The number of aryl methyl sites for hydroxylation is 2. The Kier molecular flexibility index (Phi) is 5.63. The molecule has 3 N–H and O–H groups in total. The lowest BCUT2D eigenvalue weighted by molar-refractivity contribution is -0.137. The fourth-order valence-corrected chi connectivity index (χ4v) is 3.38. The van der Waals surface area contributed by atoms with E-state index >= 15 is 0 Å². The van der Waals surface area contributed by atoms with Crippen LogP contribution < -0.4 is 5.73 Å². The number of benzene rings is 2. The molecular formula is C18H21NO2S. The summed E-state index contributed by atoms with van der Waals surface area (Å²) in [6.45, 7) is 4.11. The Morgan fingerprint density at radius 2 is 1.41 bits per heavy atom. The van der Waals surface area contributed by atoms with E-state index in [1.165, 1.54) is 11.1 Å². The zero-order valence-corrected chi connectivity index (χ0v) is 13.6. The zero-order chi connectivity index (χ0) is 16.1. The van der Waals surface area contributed by atoms with Crippen molar-refractivity contribution < 1.29 is 9.90 Å². The molecule has 0 bridgehead atoms. The van der Waals surface area contributed by atoms with Gasteiger partial charge in [-0.05, 0) is 25.0 Å². The van der Waals surface area contributed by atoms with Gasteiger partial charge in [0.15, 0.2) is 0 Å². The highest BCUT2D eigenvalue weighted by atomic mass is 32.2. The van der Waals surface area contributed by atoms with Crippen LogP contribution in [0.25, 0.3) is 0 Å². The van der Waals surface area contributed by atoms with Crippen molar-refractivity contribution >= 4 is 17.7 Å². The van der Waals surface area contributed by atoms with Crippen LogP contribution in [-0.2, 0) is 4.79 Å². The number of aliphatic carboxylic acids is 1. The second kappa shape index (κ2) is 7.47. The molecule has 0 aliphatic heterocycles. The maximum absolute atomic E-state index is 10.9. The Hall–Kier alpha value is -1.78. The molecule has 22 heavy (non-hydrogen) atoms. The van der Waals surface area contributed by atoms with Gasteiger partial charge in [0, 0.05) is 5.75 Å². The van der Waals surface area contributed by atoms with E-state index in [2.05, 4.69) is 62.4 Å². The van der Waals surface area contributed by atoms with Gasteiger partial charge in [-0.15, -0.1) is 11.8 Å². The van der Waals surface area contributed by atoms with E-state index in [9.17, 15) is 4.79 Å². The van der Waals surface area contributed by atoms with E-state index in [0.717, 1.165) is 11.1 Å². The van der Waals surface area contributed by atoms with E-state index in [1.54, 1.807) is 11.8 Å². The first-order chi connectivity index (χ1) is 10.5. The predicted molar refractivity (Wildman–Crippen MR) is 92.3 cm³/mol. The fraction of sp³-hybridized carbons (Fsp3) is 0.278. The lowest BCUT2D eigenvalue weighted by Crippen LogP contribution is -2.32. The number of carbonyl (C=O) groups is 1. The third-order valence-electron chi connectivity index (χ3n) is 3.52. The molecule has 0 saturated carbocycles. The average Bonchev–Trinajstić information content (AvgIpc) is 2.50. The summed E-state index contributed by atoms with van der Waals surface area (Å²) in [4.78, 5) is 10.9. The zero-order valence-electron chi connectivity index (χ0n) is 12.8. The normalized spacial score (nSPS) is 12.4. The van der Waals surface area contributed by atoms with Gasteiger partial charge in [0.2, 0.25) is 0 Å². The molecule has 0 saturated heterocycles. The van der Waals surface area contributed by atoms with E-state index in [4.69, 9.17) is 10.8 Å². The average molecular weight is 315 g/mol. The highest BCUT2D eigenvalue weighted by Crippen LogP contribution is 2.36. The number of nitrogens with two attached hydrogens (primary N) is 1. The highest BCUT2D eigenvalue weighted by Gasteiger charge is 2.19. The summed E-state index contributed by atoms with van der Waals surface area (Å²) >= 11 is 1.57. The van der Waals surface area contributed by atoms with Crippen molar-refractivity contribution in [3.05, 3.63) is 70.8 Å². The SMILES string of the molecule is Cc1ccc(C(SCC(N)C(=O)O)c2ccc(C)cc2)cc1. The first kappa shape index (κ1) is 16.6. The van der Waals surface area contributed by atoms with Crippen molar-refractivity contribution in [3.63, 3.8) is 0 Å². The van der Waals surface area contributed by atoms with Crippen LogP contribution in [0.5, 0.6) is 0 Å². The Bertz CT molecular complexity index is 577. The van der Waals surface area contributed by atoms with Crippen molar-refractivity contribution in [2.75, 3.05) is 5.75 Å². The topological polar surface area (TPSA) is 63.3 Å². The maximum Gasteiger partial charge on any atom is 0.321 e. The molecule has 0 fully saturated rings. The lowest BCUT2D eigenvalue weighted by Gasteiger charge is -2.19. The van der Waals surface area contributed by atoms with Crippen molar-refractivity contribution in [1.82, 2.24) is 0 Å². The maximum atomic E-state index is 10.9. The molecule has 4 heteroatoms. The van der Waals surface area contributed by atoms with Crippen LogP contribution in [0.15, 0.2) is 48.5 Å². The Morgan fingerprint density at radius 1 is 1.00 bits per heavy atom. The molecule has 0 aliphatic rings. The van der Waals surface area contributed by atoms with E-state index < -0.39 is 12.0 Å². The Labute approximate surface area is 135 Å². The van der Waals surface area contributed by atoms with E-state index in [0.29, 0.717) is 5.75 Å². The molecular weight excluding hydrogens is 294 g/mol. The van der Waals surface area contributed by atoms with Crippen LogP contribution in [0.1, 0.15) is 27.5 Å². The monoisotopic (exact) mass is 315 g/mol. The molecule has 116 valence electrons. The first-order valence-corrected chi connectivity index (χ1v) is 8.25. The van der Waals surface area contributed by atoms with Gasteiger partial charge in [0.25, 0.3) is 0 Å². The van der Waals surface area contributed by atoms with Crippen molar-refractivity contribution in [1.29, 1.82) is 0 Å². The number of rotatable bonds is 6. The molecule has 1 unspecified atom stereocenters. The summed E-state index contributed by atoms with van der Waals surface area (Å²) in [7, 11) is 0. The quantitative estimate of drug-likeness (QED) is 0.856. The predicted octanol–water partition coefficient (Wildman–Crippen LogP) is 3.54. The second-order valence-electron chi connectivity index (χ2n) is 5.48. The molecule has 0 spiro atoms. The van der Waals surface area contributed by atoms with E-state index in [-0.39, 0.29) is 5.25 Å². The molecule has 0 radical (unpaired) electrons. The summed E-state index contributed by atoms with van der Waals surface area (Å²) in [5.41, 5.74) is 10.4. The fourth-order valence-electron chi connectivity index (χ4n) is 2.14. The number of carboxylic acid groups (broad SMARTS) is 1. The van der Waals surface area contributed by atoms with Gasteiger partial charge in [0.05, 0.1) is 5.25 Å². The molecule has 2 rings (SSSR count). The standard InChI is InChI=1S/C18H21NO2S/c1-12-3-7-14(8-4-12)17(22-11-16(19)18(20)21)15-9-5-13(2)6-10-15/h3-10,16-17H,11,19H2,1-2H3,(H,20,21). The van der Waals surface area contributed by atoms with E-state index in [1.807, 2.05) is 0 Å². The number of hydrogen-bond donors (Lipinski definition) is 2.